The molecule has 0 saturated heterocycles. The molecule has 1 rings (SSSR count). The molecule has 0 aliphatic heterocycles. The molecule has 1 aliphatic carbocycles. The summed E-state index contributed by atoms with van der Waals surface area (Å²) in [4.78, 5) is 4.42. The number of aliphatic imine (C=N–C) groups is 1. The average Bonchev–Trinajstić information content (AvgIpc) is 2.34. The van der Waals surface area contributed by atoms with Crippen molar-refractivity contribution in [3.05, 3.63) is 34.0 Å². The van der Waals surface area contributed by atoms with Crippen LogP contribution in [-0.4, -0.2) is 6.21 Å². The number of allylic oxidation sites excluding steroid dienone is 5. The molecule has 0 amide bonds. The Morgan fingerprint density at radius 1 is 1.06 bits per heavy atom. The summed E-state index contributed by atoms with van der Waals surface area (Å²) in [7, 11) is 0. The zero-order valence-electron chi connectivity index (χ0n) is 11.1. The topological polar surface area (TPSA) is 12.4 Å². The lowest BCUT2D eigenvalue weighted by atomic mass is 10.0. The maximum atomic E-state index is 6.25. The van der Waals surface area contributed by atoms with E-state index in [2.05, 4.69) is 18.8 Å². The van der Waals surface area contributed by atoms with E-state index in [1.54, 1.807) is 0 Å². The first kappa shape index (κ1) is 14.2. The van der Waals surface area contributed by atoms with E-state index >= 15 is 0 Å². The van der Waals surface area contributed by atoms with Crippen molar-refractivity contribution < 1.29 is 0 Å². The molecule has 94 valence electrons. The van der Waals surface area contributed by atoms with Crippen LogP contribution in [0.25, 0.3) is 0 Å². The molecule has 0 spiro atoms. The molecule has 1 nitrogen and oxygen atoms in total. The van der Waals surface area contributed by atoms with Gasteiger partial charge in [0, 0.05) is 11.2 Å². The Hall–Kier alpha value is -0.820. The monoisotopic (exact) mass is 251 g/mol. The highest BCUT2D eigenvalue weighted by atomic mass is 35.5. The van der Waals surface area contributed by atoms with Crippen LogP contribution < -0.4 is 0 Å². The van der Waals surface area contributed by atoms with E-state index in [4.69, 9.17) is 11.6 Å². The van der Waals surface area contributed by atoms with Crippen molar-refractivity contribution in [2.45, 2.75) is 52.9 Å². The highest BCUT2D eigenvalue weighted by Crippen LogP contribution is 2.22. The summed E-state index contributed by atoms with van der Waals surface area (Å²) in [5.74, 6) is 0. The van der Waals surface area contributed by atoms with Gasteiger partial charge in [-0.2, -0.15) is 0 Å². The smallest absolute Gasteiger partial charge is 0.0615 e. The number of hydrogen-bond donors (Lipinski definition) is 0. The van der Waals surface area contributed by atoms with Crippen molar-refractivity contribution in [1.29, 1.82) is 0 Å². The van der Waals surface area contributed by atoms with Crippen LogP contribution in [0.3, 0.4) is 0 Å². The summed E-state index contributed by atoms with van der Waals surface area (Å²) in [6.45, 7) is 6.22. The van der Waals surface area contributed by atoms with Gasteiger partial charge >= 0.3 is 0 Å². The highest BCUT2D eigenvalue weighted by Gasteiger charge is 2.02. The minimum atomic E-state index is 0.864. The molecular weight excluding hydrogens is 230 g/mol. The third-order valence-electron chi connectivity index (χ3n) is 3.10. The first-order valence-electron chi connectivity index (χ1n) is 6.37. The third-order valence-corrected chi connectivity index (χ3v) is 3.55. The number of halogens is 1. The summed E-state index contributed by atoms with van der Waals surface area (Å²) >= 11 is 6.25. The van der Waals surface area contributed by atoms with Crippen LogP contribution >= 0.6 is 11.6 Å². The maximum Gasteiger partial charge on any atom is 0.0615 e. The second-order valence-electron chi connectivity index (χ2n) is 4.58. The molecule has 0 aromatic rings. The lowest BCUT2D eigenvalue weighted by Gasteiger charge is -2.04. The molecule has 0 bridgehead atoms. The molecule has 2 heteroatoms. The molecular formula is C15H22ClN. The lowest BCUT2D eigenvalue weighted by Crippen LogP contribution is -1.85. The van der Waals surface area contributed by atoms with Crippen LogP contribution in [0.4, 0.5) is 0 Å². The molecule has 0 unspecified atom stereocenters. The third kappa shape index (κ3) is 4.91. The summed E-state index contributed by atoms with van der Waals surface area (Å²) in [6, 6.07) is 0. The van der Waals surface area contributed by atoms with Gasteiger partial charge in [-0.15, -0.1) is 0 Å². The van der Waals surface area contributed by atoms with E-state index in [-0.39, 0.29) is 0 Å². The average molecular weight is 252 g/mol. The minimum absolute atomic E-state index is 0.864. The van der Waals surface area contributed by atoms with Crippen LogP contribution in [0.1, 0.15) is 52.9 Å². The van der Waals surface area contributed by atoms with Gasteiger partial charge in [0.15, 0.2) is 0 Å². The minimum Gasteiger partial charge on any atom is -0.262 e. The zero-order valence-corrected chi connectivity index (χ0v) is 11.8. The normalized spacial score (nSPS) is 30.4. The maximum absolute atomic E-state index is 6.25. The van der Waals surface area contributed by atoms with Gasteiger partial charge in [0.2, 0.25) is 0 Å². The molecule has 1 aliphatic rings. The first-order chi connectivity index (χ1) is 8.15. The van der Waals surface area contributed by atoms with Crippen molar-refractivity contribution in [2.75, 3.05) is 0 Å². The van der Waals surface area contributed by atoms with Crippen LogP contribution in [0.5, 0.6) is 0 Å². The molecule has 0 saturated carbocycles. The second-order valence-corrected chi connectivity index (χ2v) is 4.98. The number of nitrogens with zero attached hydrogens (tertiary/aromatic N) is 1. The van der Waals surface area contributed by atoms with Gasteiger partial charge in [-0.25, -0.2) is 0 Å². The van der Waals surface area contributed by atoms with E-state index in [0.717, 1.165) is 23.6 Å². The van der Waals surface area contributed by atoms with Gasteiger partial charge < -0.3 is 0 Å². The lowest BCUT2D eigenvalue weighted by molar-refractivity contribution is 0.671. The molecule has 0 aromatic carbocycles. The van der Waals surface area contributed by atoms with E-state index in [1.165, 1.54) is 30.4 Å². The van der Waals surface area contributed by atoms with Crippen LogP contribution in [0.2, 0.25) is 0 Å². The largest absolute Gasteiger partial charge is 0.262 e. The zero-order chi connectivity index (χ0) is 12.7. The molecule has 0 fully saturated rings. The quantitative estimate of drug-likeness (QED) is 0.555. The molecule has 0 atom stereocenters. The van der Waals surface area contributed by atoms with E-state index in [9.17, 15) is 0 Å². The highest BCUT2D eigenvalue weighted by molar-refractivity contribution is 6.31. The molecule has 0 heterocycles. The fraction of sp³-hybridized carbons (Fsp3) is 0.533. The van der Waals surface area contributed by atoms with Crippen molar-refractivity contribution >= 4 is 17.8 Å². The van der Waals surface area contributed by atoms with Gasteiger partial charge in [-0.3, -0.25) is 4.99 Å². The predicted molar refractivity (Wildman–Crippen MR) is 77.6 cm³/mol. The Balaban J connectivity index is 3.02. The Morgan fingerprint density at radius 2 is 1.71 bits per heavy atom. The Labute approximate surface area is 110 Å². The molecule has 0 N–H and O–H groups in total. The van der Waals surface area contributed by atoms with Crippen molar-refractivity contribution in [3.63, 3.8) is 0 Å². The molecule has 0 radical (unpaired) electrons. The Bertz CT molecular complexity index is 372. The Morgan fingerprint density at radius 3 is 2.35 bits per heavy atom. The predicted octanol–water partition coefficient (Wildman–Crippen LogP) is 5.38. The van der Waals surface area contributed by atoms with E-state index in [0.29, 0.717) is 0 Å². The fourth-order valence-electron chi connectivity index (χ4n) is 1.93. The Kier molecular flexibility index (Phi) is 6.28. The standard InChI is InChI=1S/C15H22ClN/c1-4-17-15-11-10-14(16)12(2)8-6-5-7-9-13(15)3/h4,10-11H,5-9H2,1-3H3/b11-10-,14-12-,15-13-,17-4?. The number of rotatable bonds is 1. The van der Waals surface area contributed by atoms with Gasteiger partial charge in [0.25, 0.3) is 0 Å². The second kappa shape index (κ2) is 7.50. The SMILES string of the molecule is CC=NC1=C(/C)CCCCC/C(C)=C(Cl)/C=C\1. The summed E-state index contributed by atoms with van der Waals surface area (Å²) in [6.07, 6.45) is 11.8. The summed E-state index contributed by atoms with van der Waals surface area (Å²) in [5, 5.41) is 0.864. The summed E-state index contributed by atoms with van der Waals surface area (Å²) in [5.41, 5.74) is 3.69. The van der Waals surface area contributed by atoms with E-state index in [1.807, 2.05) is 25.3 Å². The van der Waals surface area contributed by atoms with Crippen LogP contribution in [-0.2, 0) is 0 Å². The van der Waals surface area contributed by atoms with Gasteiger partial charge in [-0.1, -0.05) is 23.6 Å². The van der Waals surface area contributed by atoms with Gasteiger partial charge in [0.1, 0.15) is 0 Å². The van der Waals surface area contributed by atoms with Crippen LogP contribution in [0, 0.1) is 0 Å². The van der Waals surface area contributed by atoms with Crippen molar-refractivity contribution in [2.24, 2.45) is 4.99 Å². The first-order valence-corrected chi connectivity index (χ1v) is 6.74. The van der Waals surface area contributed by atoms with Gasteiger partial charge in [0.05, 0.1) is 5.70 Å². The van der Waals surface area contributed by atoms with Crippen molar-refractivity contribution in [3.8, 4) is 0 Å². The number of hydrogen-bond acceptors (Lipinski definition) is 1. The van der Waals surface area contributed by atoms with Crippen molar-refractivity contribution in [1.82, 2.24) is 0 Å². The molecule has 0 aromatic heterocycles. The van der Waals surface area contributed by atoms with E-state index < -0.39 is 0 Å². The van der Waals surface area contributed by atoms with Gasteiger partial charge in [-0.05, 0) is 64.2 Å². The van der Waals surface area contributed by atoms with Crippen LogP contribution in [0.15, 0.2) is 39.0 Å². The molecule has 17 heavy (non-hydrogen) atoms. The summed E-state index contributed by atoms with van der Waals surface area (Å²) < 4.78 is 0. The fourth-order valence-corrected chi connectivity index (χ4v) is 2.09.